The van der Waals surface area contributed by atoms with E-state index in [-0.39, 0.29) is 0 Å². The molecule has 1 aromatic heterocycles. The molecule has 4 nitrogen and oxygen atoms in total. The van der Waals surface area contributed by atoms with Crippen LogP contribution in [0.1, 0.15) is 38.1 Å². The minimum Gasteiger partial charge on any atom is -0.479 e. The number of para-hydroxylation sites is 1. The van der Waals surface area contributed by atoms with Crippen LogP contribution in [0.15, 0.2) is 54.6 Å². The summed E-state index contributed by atoms with van der Waals surface area (Å²) in [6, 6.07) is 17.6. The van der Waals surface area contributed by atoms with Gasteiger partial charge in [0, 0.05) is 16.6 Å². The fourth-order valence-electron chi connectivity index (χ4n) is 3.17. The summed E-state index contributed by atoms with van der Waals surface area (Å²) in [4.78, 5) is 16.7. The number of carbonyl (C=O) groups is 1. The van der Waals surface area contributed by atoms with Crippen molar-refractivity contribution in [2.24, 2.45) is 0 Å². The molecule has 2 aromatic carbocycles. The van der Waals surface area contributed by atoms with Gasteiger partial charge in [0.25, 0.3) is 0 Å². The zero-order chi connectivity index (χ0) is 18.9. The molecule has 0 radical (unpaired) electrons. The molecule has 0 aliphatic rings. The quantitative estimate of drug-likeness (QED) is 0.707. The molecular weight excluding hydrogens is 326 g/mol. The fourth-order valence-corrected chi connectivity index (χ4v) is 3.17. The van der Waals surface area contributed by atoms with Crippen molar-refractivity contribution in [3.63, 3.8) is 0 Å². The number of hydrogen-bond acceptors (Lipinski definition) is 3. The van der Waals surface area contributed by atoms with Gasteiger partial charge < -0.3 is 9.84 Å². The number of pyridine rings is 1. The van der Waals surface area contributed by atoms with E-state index in [1.165, 1.54) is 0 Å². The summed E-state index contributed by atoms with van der Waals surface area (Å²) in [5, 5.41) is 10.8. The molecule has 26 heavy (non-hydrogen) atoms. The van der Waals surface area contributed by atoms with Crippen LogP contribution in [0.3, 0.4) is 0 Å². The molecule has 0 aliphatic carbocycles. The Hall–Kier alpha value is -2.72. The van der Waals surface area contributed by atoms with Crippen LogP contribution in [0.4, 0.5) is 0 Å². The van der Waals surface area contributed by atoms with E-state index in [1.807, 2.05) is 82.3 Å². The van der Waals surface area contributed by atoms with Gasteiger partial charge in [-0.3, -0.25) is 4.98 Å². The highest BCUT2D eigenvalue weighted by Crippen LogP contribution is 2.39. The zero-order valence-corrected chi connectivity index (χ0v) is 15.5. The number of carboxylic acid groups (broad SMARTS) is 1. The van der Waals surface area contributed by atoms with Crippen LogP contribution in [-0.2, 0) is 9.53 Å². The highest BCUT2D eigenvalue weighted by Gasteiger charge is 2.32. The predicted octanol–water partition coefficient (Wildman–Crippen LogP) is 5.15. The molecule has 134 valence electrons. The van der Waals surface area contributed by atoms with Gasteiger partial charge in [-0.25, -0.2) is 4.79 Å². The Bertz CT molecular complexity index is 943. The van der Waals surface area contributed by atoms with Crippen molar-refractivity contribution in [1.82, 2.24) is 4.98 Å². The first-order chi connectivity index (χ1) is 12.3. The first-order valence-corrected chi connectivity index (χ1v) is 8.63. The second-order valence-electron chi connectivity index (χ2n) is 7.32. The van der Waals surface area contributed by atoms with E-state index in [0.29, 0.717) is 11.3 Å². The Morgan fingerprint density at radius 2 is 1.65 bits per heavy atom. The number of aromatic nitrogens is 1. The molecule has 0 saturated heterocycles. The van der Waals surface area contributed by atoms with E-state index < -0.39 is 17.7 Å². The zero-order valence-electron chi connectivity index (χ0n) is 15.5. The first kappa shape index (κ1) is 18.1. The van der Waals surface area contributed by atoms with Gasteiger partial charge in [-0.1, -0.05) is 48.5 Å². The summed E-state index contributed by atoms with van der Waals surface area (Å²) < 4.78 is 5.94. The van der Waals surface area contributed by atoms with Crippen LogP contribution in [-0.4, -0.2) is 21.7 Å². The van der Waals surface area contributed by atoms with Gasteiger partial charge in [-0.2, -0.15) is 0 Å². The first-order valence-electron chi connectivity index (χ1n) is 8.63. The van der Waals surface area contributed by atoms with Gasteiger partial charge in [0.15, 0.2) is 6.10 Å². The third kappa shape index (κ3) is 3.60. The van der Waals surface area contributed by atoms with Crippen molar-refractivity contribution in [3.8, 4) is 11.1 Å². The Kier molecular flexibility index (Phi) is 4.79. The maximum absolute atomic E-state index is 12.1. The van der Waals surface area contributed by atoms with E-state index in [1.54, 1.807) is 0 Å². The van der Waals surface area contributed by atoms with Gasteiger partial charge in [0.1, 0.15) is 0 Å². The maximum atomic E-state index is 12.1. The van der Waals surface area contributed by atoms with Crippen molar-refractivity contribution in [1.29, 1.82) is 0 Å². The van der Waals surface area contributed by atoms with Gasteiger partial charge >= 0.3 is 5.97 Å². The lowest BCUT2D eigenvalue weighted by Crippen LogP contribution is -2.28. The highest BCUT2D eigenvalue weighted by atomic mass is 16.5. The van der Waals surface area contributed by atoms with Crippen LogP contribution < -0.4 is 0 Å². The van der Waals surface area contributed by atoms with Crippen molar-refractivity contribution in [3.05, 3.63) is 65.9 Å². The minimum atomic E-state index is -1.10. The Balaban J connectivity index is 2.37. The van der Waals surface area contributed by atoms with E-state index in [4.69, 9.17) is 4.74 Å². The molecule has 1 heterocycles. The molecule has 1 atom stereocenters. The number of carboxylic acids is 1. The monoisotopic (exact) mass is 349 g/mol. The van der Waals surface area contributed by atoms with E-state index >= 15 is 0 Å². The number of nitrogens with zero attached hydrogens (tertiary/aromatic N) is 1. The third-order valence-electron chi connectivity index (χ3n) is 4.14. The lowest BCUT2D eigenvalue weighted by atomic mass is 9.91. The molecule has 4 heteroatoms. The molecule has 0 amide bonds. The second-order valence-corrected chi connectivity index (χ2v) is 7.32. The van der Waals surface area contributed by atoms with Crippen LogP contribution in [0.5, 0.6) is 0 Å². The predicted molar refractivity (Wildman–Crippen MR) is 103 cm³/mol. The fraction of sp³-hybridized carbons (Fsp3) is 0.273. The van der Waals surface area contributed by atoms with Gasteiger partial charge in [-0.15, -0.1) is 0 Å². The van der Waals surface area contributed by atoms with Gasteiger partial charge in [0.05, 0.1) is 11.1 Å². The number of aliphatic carboxylic acids is 1. The molecule has 0 spiro atoms. The van der Waals surface area contributed by atoms with E-state index in [0.717, 1.165) is 22.0 Å². The Morgan fingerprint density at radius 3 is 2.27 bits per heavy atom. The maximum Gasteiger partial charge on any atom is 0.337 e. The lowest BCUT2D eigenvalue weighted by Gasteiger charge is -2.28. The summed E-state index contributed by atoms with van der Waals surface area (Å²) in [5.74, 6) is -1.02. The van der Waals surface area contributed by atoms with Crippen LogP contribution in [0, 0.1) is 6.92 Å². The van der Waals surface area contributed by atoms with Crippen molar-refractivity contribution >= 4 is 16.9 Å². The smallest absolute Gasteiger partial charge is 0.337 e. The summed E-state index contributed by atoms with van der Waals surface area (Å²) in [6.07, 6.45) is -1.10. The molecule has 0 bridgehead atoms. The van der Waals surface area contributed by atoms with Crippen molar-refractivity contribution < 1.29 is 14.6 Å². The molecular formula is C22H23NO3. The second kappa shape index (κ2) is 6.89. The number of ether oxygens (including phenoxy) is 1. The number of hydrogen-bond donors (Lipinski definition) is 1. The molecule has 1 N–H and O–H groups in total. The average Bonchev–Trinajstić information content (AvgIpc) is 2.58. The SMILES string of the molecule is Cc1nc2ccccc2c(-c2ccccc2)c1C(OC(C)(C)C)C(=O)O. The Labute approximate surface area is 153 Å². The Morgan fingerprint density at radius 1 is 1.04 bits per heavy atom. The van der Waals surface area contributed by atoms with Crippen LogP contribution in [0.2, 0.25) is 0 Å². The summed E-state index contributed by atoms with van der Waals surface area (Å²) in [5.41, 5.74) is 3.33. The largest absolute Gasteiger partial charge is 0.479 e. The summed E-state index contributed by atoms with van der Waals surface area (Å²) in [6.45, 7) is 7.41. The normalized spacial score (nSPS) is 12.9. The van der Waals surface area contributed by atoms with Crippen molar-refractivity contribution in [2.75, 3.05) is 0 Å². The molecule has 1 unspecified atom stereocenters. The number of aryl methyl sites for hydroxylation is 1. The molecule has 0 saturated carbocycles. The molecule has 0 fully saturated rings. The number of rotatable bonds is 4. The molecule has 3 rings (SSSR count). The van der Waals surface area contributed by atoms with Gasteiger partial charge in [-0.05, 0) is 44.9 Å². The molecule has 3 aromatic rings. The standard InChI is InChI=1S/C22H23NO3/c1-14-18(20(21(24)25)26-22(2,3)4)19(15-10-6-5-7-11-15)16-12-8-9-13-17(16)23-14/h5-13,20H,1-4H3,(H,24,25). The van der Waals surface area contributed by atoms with Crippen LogP contribution in [0.25, 0.3) is 22.0 Å². The van der Waals surface area contributed by atoms with E-state index in [9.17, 15) is 9.90 Å². The highest BCUT2D eigenvalue weighted by molar-refractivity contribution is 5.98. The third-order valence-corrected chi connectivity index (χ3v) is 4.14. The lowest BCUT2D eigenvalue weighted by molar-refractivity contribution is -0.160. The average molecular weight is 349 g/mol. The molecule has 0 aliphatic heterocycles. The van der Waals surface area contributed by atoms with Gasteiger partial charge in [0.2, 0.25) is 0 Å². The summed E-state index contributed by atoms with van der Waals surface area (Å²) >= 11 is 0. The summed E-state index contributed by atoms with van der Waals surface area (Å²) in [7, 11) is 0. The van der Waals surface area contributed by atoms with E-state index in [2.05, 4.69) is 4.98 Å². The minimum absolute atomic E-state index is 0.602. The number of fused-ring (bicyclic) bond motifs is 1. The number of benzene rings is 2. The topological polar surface area (TPSA) is 59.4 Å². The van der Waals surface area contributed by atoms with Crippen LogP contribution >= 0.6 is 0 Å². The van der Waals surface area contributed by atoms with Crippen molar-refractivity contribution in [2.45, 2.75) is 39.4 Å².